The molecule has 18 heavy (non-hydrogen) atoms. The molecular formula is C15H20ClNO. The monoisotopic (exact) mass is 265 g/mol. The van der Waals surface area contributed by atoms with Crippen LogP contribution >= 0.6 is 11.6 Å². The summed E-state index contributed by atoms with van der Waals surface area (Å²) in [6.45, 7) is 3.04. The standard InChI is InChI=1S/C15H20ClNO/c1-15(8-2-3-9-15)11-17-14(18)13-6-4-12(10-16)5-7-13/h4-7H,2-3,8-11H2,1H3,(H,17,18). The summed E-state index contributed by atoms with van der Waals surface area (Å²) in [5.74, 6) is 0.504. The first-order chi connectivity index (χ1) is 8.63. The minimum atomic E-state index is 0.0178. The average molecular weight is 266 g/mol. The molecule has 1 aliphatic rings. The third-order valence-corrected chi connectivity index (χ3v) is 4.17. The van der Waals surface area contributed by atoms with E-state index in [0.29, 0.717) is 16.9 Å². The number of carbonyl (C=O) groups is 1. The molecule has 0 aromatic heterocycles. The Kier molecular flexibility index (Phi) is 4.28. The van der Waals surface area contributed by atoms with Crippen LogP contribution in [0.4, 0.5) is 0 Å². The van der Waals surface area contributed by atoms with Crippen LogP contribution in [0.25, 0.3) is 0 Å². The van der Waals surface area contributed by atoms with Gasteiger partial charge in [-0.25, -0.2) is 0 Å². The predicted molar refractivity (Wildman–Crippen MR) is 74.9 cm³/mol. The highest BCUT2D eigenvalue weighted by molar-refractivity contribution is 6.17. The van der Waals surface area contributed by atoms with Crippen LogP contribution in [0.3, 0.4) is 0 Å². The molecule has 0 spiro atoms. The van der Waals surface area contributed by atoms with E-state index in [2.05, 4.69) is 12.2 Å². The highest BCUT2D eigenvalue weighted by atomic mass is 35.5. The molecule has 3 heteroatoms. The zero-order valence-electron chi connectivity index (χ0n) is 10.8. The fraction of sp³-hybridized carbons (Fsp3) is 0.533. The van der Waals surface area contributed by atoms with Crippen molar-refractivity contribution in [1.82, 2.24) is 5.32 Å². The van der Waals surface area contributed by atoms with Gasteiger partial charge in [0.25, 0.3) is 5.91 Å². The molecule has 0 bridgehead atoms. The maximum Gasteiger partial charge on any atom is 0.251 e. The number of hydrogen-bond donors (Lipinski definition) is 1. The highest BCUT2D eigenvalue weighted by Gasteiger charge is 2.28. The molecule has 0 heterocycles. The Morgan fingerprint density at radius 2 is 1.89 bits per heavy atom. The van der Waals surface area contributed by atoms with Crippen LogP contribution in [0, 0.1) is 5.41 Å². The summed E-state index contributed by atoms with van der Waals surface area (Å²) >= 11 is 5.72. The van der Waals surface area contributed by atoms with Gasteiger partial charge in [-0.05, 0) is 36.0 Å². The molecule has 1 aromatic rings. The molecule has 98 valence electrons. The molecule has 0 radical (unpaired) electrons. The van der Waals surface area contributed by atoms with Crippen LogP contribution in [0.2, 0.25) is 0 Å². The molecule has 1 amide bonds. The van der Waals surface area contributed by atoms with Gasteiger partial charge in [0.1, 0.15) is 0 Å². The van der Waals surface area contributed by atoms with Crippen molar-refractivity contribution in [3.05, 3.63) is 35.4 Å². The van der Waals surface area contributed by atoms with Gasteiger partial charge in [0.15, 0.2) is 0 Å². The maximum absolute atomic E-state index is 12.0. The van der Waals surface area contributed by atoms with Crippen molar-refractivity contribution in [2.24, 2.45) is 5.41 Å². The SMILES string of the molecule is CC1(CNC(=O)c2ccc(CCl)cc2)CCCC1. The lowest BCUT2D eigenvalue weighted by Gasteiger charge is -2.23. The Balaban J connectivity index is 1.90. The summed E-state index contributed by atoms with van der Waals surface area (Å²) in [7, 11) is 0. The largest absolute Gasteiger partial charge is 0.351 e. The lowest BCUT2D eigenvalue weighted by molar-refractivity contribution is 0.0934. The van der Waals surface area contributed by atoms with Gasteiger partial charge >= 0.3 is 0 Å². The summed E-state index contributed by atoms with van der Waals surface area (Å²) < 4.78 is 0. The Labute approximate surface area is 114 Å². The smallest absolute Gasteiger partial charge is 0.251 e. The van der Waals surface area contributed by atoms with E-state index in [0.717, 1.165) is 12.1 Å². The molecular weight excluding hydrogens is 246 g/mol. The van der Waals surface area contributed by atoms with Crippen LogP contribution in [0.1, 0.15) is 48.5 Å². The van der Waals surface area contributed by atoms with E-state index in [1.54, 1.807) is 0 Å². The van der Waals surface area contributed by atoms with E-state index in [-0.39, 0.29) is 5.91 Å². The molecule has 1 aliphatic carbocycles. The zero-order chi connectivity index (χ0) is 13.0. The molecule has 0 aliphatic heterocycles. The lowest BCUT2D eigenvalue weighted by atomic mass is 9.89. The third-order valence-electron chi connectivity index (χ3n) is 3.86. The van der Waals surface area contributed by atoms with Gasteiger partial charge in [-0.1, -0.05) is 31.9 Å². The predicted octanol–water partition coefficient (Wildman–Crippen LogP) is 3.74. The van der Waals surface area contributed by atoms with Gasteiger partial charge in [0.05, 0.1) is 0 Å². The van der Waals surface area contributed by atoms with Gasteiger partial charge in [-0.2, -0.15) is 0 Å². The molecule has 0 unspecified atom stereocenters. The summed E-state index contributed by atoms with van der Waals surface area (Å²) in [4.78, 5) is 12.0. The zero-order valence-corrected chi connectivity index (χ0v) is 11.6. The maximum atomic E-state index is 12.0. The molecule has 0 atom stereocenters. The number of benzene rings is 1. The number of hydrogen-bond acceptors (Lipinski definition) is 1. The molecule has 2 nitrogen and oxygen atoms in total. The van der Waals surface area contributed by atoms with E-state index in [4.69, 9.17) is 11.6 Å². The molecule has 1 N–H and O–H groups in total. The normalized spacial score (nSPS) is 17.7. The van der Waals surface area contributed by atoms with Crippen LogP contribution in [-0.4, -0.2) is 12.5 Å². The van der Waals surface area contributed by atoms with Gasteiger partial charge in [0, 0.05) is 18.0 Å². The van der Waals surface area contributed by atoms with Crippen molar-refractivity contribution >= 4 is 17.5 Å². The van der Waals surface area contributed by atoms with Crippen LogP contribution in [-0.2, 0) is 5.88 Å². The number of carbonyl (C=O) groups excluding carboxylic acids is 1. The van der Waals surface area contributed by atoms with Gasteiger partial charge in [0.2, 0.25) is 0 Å². The van der Waals surface area contributed by atoms with E-state index in [9.17, 15) is 4.79 Å². The summed E-state index contributed by atoms with van der Waals surface area (Å²) in [5.41, 5.74) is 2.05. The third kappa shape index (κ3) is 3.26. The summed E-state index contributed by atoms with van der Waals surface area (Å²) in [6, 6.07) is 7.48. The van der Waals surface area contributed by atoms with Gasteiger partial charge in [-0.15, -0.1) is 11.6 Å². The first-order valence-corrected chi connectivity index (χ1v) is 7.10. The molecule has 2 rings (SSSR count). The fourth-order valence-electron chi connectivity index (χ4n) is 2.55. The Morgan fingerprint density at radius 1 is 1.28 bits per heavy atom. The minimum absolute atomic E-state index is 0.0178. The van der Waals surface area contributed by atoms with E-state index < -0.39 is 0 Å². The summed E-state index contributed by atoms with van der Waals surface area (Å²) in [5, 5.41) is 3.05. The second-order valence-electron chi connectivity index (χ2n) is 5.53. The topological polar surface area (TPSA) is 29.1 Å². The lowest BCUT2D eigenvalue weighted by Crippen LogP contribution is -2.34. The second-order valence-corrected chi connectivity index (χ2v) is 5.80. The van der Waals surface area contributed by atoms with Gasteiger partial charge in [-0.3, -0.25) is 4.79 Å². The number of alkyl halides is 1. The van der Waals surface area contributed by atoms with Crippen molar-refractivity contribution in [2.45, 2.75) is 38.5 Å². The first-order valence-electron chi connectivity index (χ1n) is 6.56. The first kappa shape index (κ1) is 13.4. The number of amides is 1. The van der Waals surface area contributed by atoms with Crippen molar-refractivity contribution in [2.75, 3.05) is 6.54 Å². The van der Waals surface area contributed by atoms with Crippen molar-refractivity contribution in [1.29, 1.82) is 0 Å². The number of rotatable bonds is 4. The Hall–Kier alpha value is -1.02. The molecule has 1 saturated carbocycles. The van der Waals surface area contributed by atoms with Gasteiger partial charge < -0.3 is 5.32 Å². The fourth-order valence-corrected chi connectivity index (χ4v) is 2.72. The number of halogens is 1. The van der Waals surface area contributed by atoms with Crippen LogP contribution in [0.15, 0.2) is 24.3 Å². The van der Waals surface area contributed by atoms with Crippen molar-refractivity contribution in [3.8, 4) is 0 Å². The molecule has 1 fully saturated rings. The molecule has 1 aromatic carbocycles. The van der Waals surface area contributed by atoms with E-state index >= 15 is 0 Å². The van der Waals surface area contributed by atoms with E-state index in [1.165, 1.54) is 25.7 Å². The highest BCUT2D eigenvalue weighted by Crippen LogP contribution is 2.36. The minimum Gasteiger partial charge on any atom is -0.351 e. The second kappa shape index (κ2) is 5.75. The average Bonchev–Trinajstić information content (AvgIpc) is 2.83. The number of nitrogens with one attached hydrogen (secondary N) is 1. The quantitative estimate of drug-likeness (QED) is 0.826. The van der Waals surface area contributed by atoms with Crippen molar-refractivity contribution < 1.29 is 4.79 Å². The van der Waals surface area contributed by atoms with Crippen LogP contribution < -0.4 is 5.32 Å². The summed E-state index contributed by atoms with van der Waals surface area (Å²) in [6.07, 6.45) is 5.02. The Bertz CT molecular complexity index is 407. The van der Waals surface area contributed by atoms with Crippen molar-refractivity contribution in [3.63, 3.8) is 0 Å². The Morgan fingerprint density at radius 3 is 2.44 bits per heavy atom. The van der Waals surface area contributed by atoms with Crippen LogP contribution in [0.5, 0.6) is 0 Å². The van der Waals surface area contributed by atoms with E-state index in [1.807, 2.05) is 24.3 Å². The molecule has 0 saturated heterocycles.